The van der Waals surface area contributed by atoms with E-state index in [4.69, 9.17) is 0 Å². The van der Waals surface area contributed by atoms with Crippen molar-refractivity contribution in [1.82, 2.24) is 10.3 Å². The molecule has 2 rings (SSSR count). The molecule has 2 heterocycles. The van der Waals surface area contributed by atoms with Gasteiger partial charge in [0.1, 0.15) is 11.0 Å². The molecule has 0 saturated carbocycles. The fraction of sp³-hybridized carbons (Fsp3) is 0.545. The Morgan fingerprint density at radius 1 is 1.53 bits per heavy atom. The molecule has 1 unspecified atom stereocenters. The minimum Gasteiger partial charge on any atom is -0.364 e. The monoisotopic (exact) mass is 253 g/mol. The topological polar surface area (TPSA) is 71.1 Å². The summed E-state index contributed by atoms with van der Waals surface area (Å²) in [5, 5.41) is 7.36. The molecule has 2 amide bonds. The summed E-state index contributed by atoms with van der Waals surface area (Å²) in [6.45, 7) is 4.16. The van der Waals surface area contributed by atoms with Gasteiger partial charge in [0.25, 0.3) is 0 Å². The van der Waals surface area contributed by atoms with E-state index in [1.54, 1.807) is 17.5 Å². The Balaban J connectivity index is 2.00. The van der Waals surface area contributed by atoms with Crippen LogP contribution < -0.4 is 10.6 Å². The molecule has 5 nitrogen and oxygen atoms in total. The number of nitrogens with one attached hydrogen (secondary N) is 2. The Hall–Kier alpha value is -1.43. The highest BCUT2D eigenvalue weighted by atomic mass is 32.1. The van der Waals surface area contributed by atoms with Crippen LogP contribution in [0.2, 0.25) is 0 Å². The highest BCUT2D eigenvalue weighted by molar-refractivity contribution is 7.15. The van der Waals surface area contributed by atoms with Crippen molar-refractivity contribution in [3.63, 3.8) is 0 Å². The van der Waals surface area contributed by atoms with Crippen molar-refractivity contribution in [2.75, 3.05) is 5.32 Å². The average molecular weight is 253 g/mol. The number of anilines is 1. The van der Waals surface area contributed by atoms with Gasteiger partial charge in [0, 0.05) is 12.3 Å². The second-order valence-electron chi connectivity index (χ2n) is 4.37. The van der Waals surface area contributed by atoms with E-state index in [2.05, 4.69) is 29.5 Å². The molecule has 1 aromatic rings. The molecule has 0 aromatic carbocycles. The quantitative estimate of drug-likeness (QED) is 0.800. The van der Waals surface area contributed by atoms with Crippen LogP contribution in [0.4, 0.5) is 5.00 Å². The normalized spacial score (nSPS) is 20.5. The fourth-order valence-corrected chi connectivity index (χ4v) is 2.50. The number of rotatable bonds is 3. The fourth-order valence-electron chi connectivity index (χ4n) is 1.62. The second kappa shape index (κ2) is 4.83. The Morgan fingerprint density at radius 2 is 2.29 bits per heavy atom. The van der Waals surface area contributed by atoms with Gasteiger partial charge in [-0.25, -0.2) is 4.98 Å². The highest BCUT2D eigenvalue weighted by Gasteiger charge is 2.26. The average Bonchev–Trinajstić information content (AvgIpc) is 2.71. The van der Waals surface area contributed by atoms with Crippen LogP contribution in [0.25, 0.3) is 0 Å². The number of carbonyl (C=O) groups excluding carboxylic acids is 2. The summed E-state index contributed by atoms with van der Waals surface area (Å²) in [5.74, 6) is -0.0571. The molecule has 1 fully saturated rings. The summed E-state index contributed by atoms with van der Waals surface area (Å²) in [7, 11) is 0. The maximum Gasteiger partial charge on any atom is 0.249 e. The van der Waals surface area contributed by atoms with Gasteiger partial charge < -0.3 is 5.32 Å². The van der Waals surface area contributed by atoms with Crippen molar-refractivity contribution < 1.29 is 9.59 Å². The first-order valence-corrected chi connectivity index (χ1v) is 6.44. The number of hydrogen-bond acceptors (Lipinski definition) is 5. The van der Waals surface area contributed by atoms with Crippen LogP contribution in [0.1, 0.15) is 37.6 Å². The predicted molar refractivity (Wildman–Crippen MR) is 66.0 cm³/mol. The minimum atomic E-state index is -0.326. The van der Waals surface area contributed by atoms with E-state index in [1.807, 2.05) is 0 Å². The van der Waals surface area contributed by atoms with E-state index in [9.17, 15) is 9.59 Å². The van der Waals surface area contributed by atoms with E-state index in [-0.39, 0.29) is 17.9 Å². The maximum atomic E-state index is 11.5. The third kappa shape index (κ3) is 2.82. The molecule has 92 valence electrons. The summed E-state index contributed by atoms with van der Waals surface area (Å²) in [4.78, 5) is 26.8. The van der Waals surface area contributed by atoms with Gasteiger partial charge in [0.15, 0.2) is 0 Å². The molecule has 1 aliphatic rings. The number of aromatic nitrogens is 1. The standard InChI is InChI=1S/C11H15N3O2S/c1-6(2)11-12-5-9(17-11)13-7-3-4-8(15)14-10(7)16/h5-7,13H,3-4H2,1-2H3,(H,14,15,16). The van der Waals surface area contributed by atoms with E-state index in [0.717, 1.165) is 10.0 Å². The van der Waals surface area contributed by atoms with Crippen LogP contribution in [-0.2, 0) is 9.59 Å². The number of carbonyl (C=O) groups is 2. The van der Waals surface area contributed by atoms with Gasteiger partial charge >= 0.3 is 0 Å². The maximum absolute atomic E-state index is 11.5. The molecule has 0 radical (unpaired) electrons. The molecule has 0 bridgehead atoms. The van der Waals surface area contributed by atoms with Crippen LogP contribution in [0, 0.1) is 0 Å². The van der Waals surface area contributed by atoms with Gasteiger partial charge in [0.2, 0.25) is 11.8 Å². The Labute approximate surface area is 104 Å². The largest absolute Gasteiger partial charge is 0.364 e. The van der Waals surface area contributed by atoms with Gasteiger partial charge in [-0.1, -0.05) is 13.8 Å². The molecule has 1 atom stereocenters. The lowest BCUT2D eigenvalue weighted by atomic mass is 10.1. The number of piperidine rings is 1. The smallest absolute Gasteiger partial charge is 0.249 e. The lowest BCUT2D eigenvalue weighted by Crippen LogP contribution is -2.47. The molecule has 0 spiro atoms. The molecule has 6 heteroatoms. The van der Waals surface area contributed by atoms with Crippen molar-refractivity contribution in [2.45, 2.75) is 38.6 Å². The lowest BCUT2D eigenvalue weighted by Gasteiger charge is -2.21. The van der Waals surface area contributed by atoms with E-state index in [0.29, 0.717) is 18.8 Å². The molecule has 0 aliphatic carbocycles. The van der Waals surface area contributed by atoms with Crippen LogP contribution in [0.5, 0.6) is 0 Å². The van der Waals surface area contributed by atoms with Crippen molar-refractivity contribution in [3.8, 4) is 0 Å². The molecule has 1 aromatic heterocycles. The van der Waals surface area contributed by atoms with E-state index in [1.165, 1.54) is 0 Å². The summed E-state index contributed by atoms with van der Waals surface area (Å²) in [5.41, 5.74) is 0. The third-order valence-corrected chi connectivity index (χ3v) is 3.80. The van der Waals surface area contributed by atoms with Crippen molar-refractivity contribution in [3.05, 3.63) is 11.2 Å². The number of amides is 2. The zero-order valence-corrected chi connectivity index (χ0v) is 10.6. The summed E-state index contributed by atoms with van der Waals surface area (Å²) in [6.07, 6.45) is 2.67. The molecule has 2 N–H and O–H groups in total. The van der Waals surface area contributed by atoms with Gasteiger partial charge in [-0.3, -0.25) is 14.9 Å². The number of thiazole rings is 1. The minimum absolute atomic E-state index is 0.194. The zero-order valence-electron chi connectivity index (χ0n) is 9.82. The van der Waals surface area contributed by atoms with Crippen LogP contribution in [-0.4, -0.2) is 22.8 Å². The molecular formula is C11H15N3O2S. The van der Waals surface area contributed by atoms with Gasteiger partial charge in [-0.15, -0.1) is 11.3 Å². The summed E-state index contributed by atoms with van der Waals surface area (Å²) in [6, 6.07) is -0.326. The van der Waals surface area contributed by atoms with Gasteiger partial charge in [-0.2, -0.15) is 0 Å². The third-order valence-electron chi connectivity index (χ3n) is 2.57. The van der Waals surface area contributed by atoms with Crippen molar-refractivity contribution in [1.29, 1.82) is 0 Å². The first-order valence-electron chi connectivity index (χ1n) is 5.62. The number of imide groups is 1. The summed E-state index contributed by atoms with van der Waals surface area (Å²) < 4.78 is 0. The first-order chi connectivity index (χ1) is 8.06. The highest BCUT2D eigenvalue weighted by Crippen LogP contribution is 2.26. The van der Waals surface area contributed by atoms with Gasteiger partial charge in [0.05, 0.1) is 11.2 Å². The number of hydrogen-bond donors (Lipinski definition) is 2. The van der Waals surface area contributed by atoms with Crippen molar-refractivity contribution >= 4 is 28.2 Å². The molecule has 17 heavy (non-hydrogen) atoms. The number of nitrogens with zero attached hydrogens (tertiary/aromatic N) is 1. The van der Waals surface area contributed by atoms with Crippen LogP contribution >= 0.6 is 11.3 Å². The van der Waals surface area contributed by atoms with Crippen LogP contribution in [0.15, 0.2) is 6.20 Å². The Bertz CT molecular complexity index is 442. The molecule has 1 aliphatic heterocycles. The molecular weight excluding hydrogens is 238 g/mol. The lowest BCUT2D eigenvalue weighted by molar-refractivity contribution is -0.133. The van der Waals surface area contributed by atoms with E-state index >= 15 is 0 Å². The Kier molecular flexibility index (Phi) is 3.42. The van der Waals surface area contributed by atoms with Crippen LogP contribution in [0.3, 0.4) is 0 Å². The van der Waals surface area contributed by atoms with E-state index < -0.39 is 0 Å². The zero-order chi connectivity index (χ0) is 12.4. The second-order valence-corrected chi connectivity index (χ2v) is 5.43. The predicted octanol–water partition coefficient (Wildman–Crippen LogP) is 1.48. The first kappa shape index (κ1) is 12.0. The van der Waals surface area contributed by atoms with Gasteiger partial charge in [-0.05, 0) is 6.42 Å². The molecule has 1 saturated heterocycles. The SMILES string of the molecule is CC(C)c1ncc(NC2CCC(=O)NC2=O)s1. The Morgan fingerprint density at radius 3 is 2.88 bits per heavy atom. The van der Waals surface area contributed by atoms with Crippen molar-refractivity contribution in [2.24, 2.45) is 0 Å². The summed E-state index contributed by atoms with van der Waals surface area (Å²) >= 11 is 1.55.